The number of ether oxygens (including phenoxy) is 3. The van der Waals surface area contributed by atoms with Gasteiger partial charge < -0.3 is 29.2 Å². The van der Waals surface area contributed by atoms with Gasteiger partial charge in [-0.3, -0.25) is 4.98 Å². The van der Waals surface area contributed by atoms with E-state index in [-0.39, 0.29) is 31.3 Å². The molecule has 2 N–H and O–H groups in total. The Labute approximate surface area is 238 Å². The highest BCUT2D eigenvalue weighted by atomic mass is 19.4. The van der Waals surface area contributed by atoms with Crippen LogP contribution in [0.4, 0.5) is 29.3 Å². The second kappa shape index (κ2) is 12.6. The molecular formula is C29H25F3N6O4. The number of hydrogen-bond acceptors (Lipinski definition) is 7. The van der Waals surface area contributed by atoms with Gasteiger partial charge in [-0.2, -0.15) is 13.2 Å². The molecule has 5 rings (SSSR count). The Morgan fingerprint density at radius 3 is 2.60 bits per heavy atom. The van der Waals surface area contributed by atoms with Gasteiger partial charge in [0.15, 0.2) is 0 Å². The zero-order valence-electron chi connectivity index (χ0n) is 22.3. The molecular weight excluding hydrogens is 553 g/mol. The molecule has 216 valence electrons. The second-order valence-electron chi connectivity index (χ2n) is 8.94. The average molecular weight is 579 g/mol. The number of nitrogens with one attached hydrogen (secondary N) is 2. The first-order valence-corrected chi connectivity index (χ1v) is 12.7. The molecule has 2 amide bonds. The van der Waals surface area contributed by atoms with Crippen LogP contribution in [-0.4, -0.2) is 45.7 Å². The Balaban J connectivity index is 1.35. The number of fused-ring (bicyclic) bond motifs is 1. The molecule has 0 unspecified atom stereocenters. The van der Waals surface area contributed by atoms with E-state index in [0.29, 0.717) is 28.5 Å². The predicted octanol–water partition coefficient (Wildman–Crippen LogP) is 6.06. The number of alkyl halides is 3. The van der Waals surface area contributed by atoms with Crippen molar-refractivity contribution in [2.75, 3.05) is 31.0 Å². The number of halogens is 3. The lowest BCUT2D eigenvalue weighted by atomic mass is 10.1. The number of amides is 2. The number of pyridine rings is 1. The molecule has 0 radical (unpaired) electrons. The quantitative estimate of drug-likeness (QED) is 0.194. The van der Waals surface area contributed by atoms with E-state index in [4.69, 9.17) is 14.2 Å². The summed E-state index contributed by atoms with van der Waals surface area (Å²) in [6.45, 7) is 0.563. The summed E-state index contributed by atoms with van der Waals surface area (Å²) in [5.41, 5.74) is 1.95. The van der Waals surface area contributed by atoms with Crippen LogP contribution in [-0.2, 0) is 17.5 Å². The molecule has 10 nitrogen and oxygen atoms in total. The summed E-state index contributed by atoms with van der Waals surface area (Å²) in [5.74, 6) is 0.386. The third-order valence-electron chi connectivity index (χ3n) is 5.98. The number of carbonyl (C=O) groups is 1. The zero-order chi connectivity index (χ0) is 29.5. The number of aromatic nitrogens is 4. The van der Waals surface area contributed by atoms with E-state index in [0.717, 1.165) is 23.8 Å². The highest BCUT2D eigenvalue weighted by molar-refractivity contribution is 6.01. The van der Waals surface area contributed by atoms with Crippen molar-refractivity contribution < 1.29 is 32.2 Å². The van der Waals surface area contributed by atoms with Gasteiger partial charge in [0.25, 0.3) is 5.88 Å². The monoisotopic (exact) mass is 578 g/mol. The number of methoxy groups -OCH3 is 1. The molecule has 0 bridgehead atoms. The largest absolute Gasteiger partial charge is 0.489 e. The minimum atomic E-state index is -4.60. The molecule has 5 aromatic rings. The van der Waals surface area contributed by atoms with Gasteiger partial charge in [-0.1, -0.05) is 12.1 Å². The number of nitrogens with zero attached hydrogens (tertiary/aromatic N) is 4. The van der Waals surface area contributed by atoms with Crippen molar-refractivity contribution in [3.63, 3.8) is 0 Å². The number of benzene rings is 2. The molecule has 0 aliphatic carbocycles. The molecule has 3 aromatic heterocycles. The normalized spacial score (nSPS) is 11.3. The molecule has 0 aliphatic heterocycles. The van der Waals surface area contributed by atoms with Crippen LogP contribution in [0.25, 0.3) is 16.9 Å². The number of carbonyl (C=O) groups excluding carboxylic acids is 1. The fourth-order valence-electron chi connectivity index (χ4n) is 3.98. The van der Waals surface area contributed by atoms with Crippen LogP contribution in [0, 0.1) is 0 Å². The zero-order valence-corrected chi connectivity index (χ0v) is 22.3. The van der Waals surface area contributed by atoms with E-state index in [1.807, 2.05) is 12.1 Å². The smallest absolute Gasteiger partial charge is 0.416 e. The highest BCUT2D eigenvalue weighted by Gasteiger charge is 2.31. The SMILES string of the molecule is COCCOc1ccc(C(F)(F)F)cc1NC(=O)Nc1cccc(-c2cn3ccnc3c(OCc3ccncc3)n2)c1. The van der Waals surface area contributed by atoms with E-state index < -0.39 is 17.8 Å². The summed E-state index contributed by atoms with van der Waals surface area (Å²) in [5, 5.41) is 5.10. The van der Waals surface area contributed by atoms with E-state index in [2.05, 4.69) is 25.6 Å². The van der Waals surface area contributed by atoms with Crippen molar-refractivity contribution in [3.05, 3.63) is 96.7 Å². The van der Waals surface area contributed by atoms with E-state index in [1.54, 1.807) is 59.7 Å². The lowest BCUT2D eigenvalue weighted by Gasteiger charge is -2.16. The van der Waals surface area contributed by atoms with E-state index in [1.165, 1.54) is 7.11 Å². The van der Waals surface area contributed by atoms with Gasteiger partial charge >= 0.3 is 12.2 Å². The van der Waals surface area contributed by atoms with Gasteiger partial charge in [0, 0.05) is 49.3 Å². The first kappa shape index (κ1) is 28.4. The molecule has 13 heteroatoms. The minimum absolute atomic E-state index is 0.0704. The standard InChI is InChI=1S/C29H25F3N6O4/c1-40-13-14-41-25-6-5-21(29(30,31)32)16-23(25)37-28(39)35-22-4-2-3-20(15-22)24-17-38-12-11-34-26(38)27(36-24)42-18-19-7-9-33-10-8-19/h2-12,15-17H,13-14,18H2,1H3,(H2,35,37,39). The summed E-state index contributed by atoms with van der Waals surface area (Å²) in [6, 6.07) is 12.6. The summed E-state index contributed by atoms with van der Waals surface area (Å²) >= 11 is 0. The summed E-state index contributed by atoms with van der Waals surface area (Å²) in [6.07, 6.45) is 3.90. The Bertz CT molecular complexity index is 1680. The van der Waals surface area contributed by atoms with Crippen molar-refractivity contribution in [1.29, 1.82) is 0 Å². The van der Waals surface area contributed by atoms with Crippen molar-refractivity contribution >= 4 is 23.1 Å². The maximum absolute atomic E-state index is 13.3. The predicted molar refractivity (Wildman–Crippen MR) is 148 cm³/mol. The van der Waals surface area contributed by atoms with Crippen LogP contribution in [0.5, 0.6) is 11.6 Å². The van der Waals surface area contributed by atoms with Gasteiger partial charge in [-0.05, 0) is 48.0 Å². The maximum atomic E-state index is 13.3. The Morgan fingerprint density at radius 2 is 1.81 bits per heavy atom. The molecule has 2 aromatic carbocycles. The molecule has 3 heterocycles. The fourth-order valence-corrected chi connectivity index (χ4v) is 3.98. The fraction of sp³-hybridized carbons (Fsp3) is 0.172. The van der Waals surface area contributed by atoms with Gasteiger partial charge in [0.2, 0.25) is 5.65 Å². The van der Waals surface area contributed by atoms with Crippen molar-refractivity contribution in [2.45, 2.75) is 12.8 Å². The number of anilines is 2. The topological polar surface area (TPSA) is 112 Å². The van der Waals surface area contributed by atoms with Crippen LogP contribution in [0.2, 0.25) is 0 Å². The first-order valence-electron chi connectivity index (χ1n) is 12.7. The van der Waals surface area contributed by atoms with Crippen LogP contribution in [0.15, 0.2) is 85.6 Å². The molecule has 0 atom stereocenters. The van der Waals surface area contributed by atoms with Gasteiger partial charge in [-0.15, -0.1) is 0 Å². The Kier molecular flexibility index (Phi) is 8.48. The van der Waals surface area contributed by atoms with E-state index in [9.17, 15) is 18.0 Å². The van der Waals surface area contributed by atoms with Crippen LogP contribution in [0.3, 0.4) is 0 Å². The van der Waals surface area contributed by atoms with Crippen LogP contribution in [0.1, 0.15) is 11.1 Å². The van der Waals surface area contributed by atoms with Crippen molar-refractivity contribution in [1.82, 2.24) is 19.4 Å². The summed E-state index contributed by atoms with van der Waals surface area (Å²) in [4.78, 5) is 25.8. The number of urea groups is 1. The average Bonchev–Trinajstić information content (AvgIpc) is 3.46. The van der Waals surface area contributed by atoms with Crippen molar-refractivity contribution in [2.24, 2.45) is 0 Å². The molecule has 0 aliphatic rings. The van der Waals surface area contributed by atoms with Gasteiger partial charge in [0.1, 0.15) is 19.0 Å². The molecule has 0 spiro atoms. The van der Waals surface area contributed by atoms with Crippen molar-refractivity contribution in [3.8, 4) is 22.9 Å². The Hall–Kier alpha value is -5.17. The first-order chi connectivity index (χ1) is 20.3. The van der Waals surface area contributed by atoms with Crippen LogP contribution >= 0.6 is 0 Å². The lowest BCUT2D eigenvalue weighted by Crippen LogP contribution is -2.21. The lowest BCUT2D eigenvalue weighted by molar-refractivity contribution is -0.137. The minimum Gasteiger partial charge on any atom is -0.489 e. The second-order valence-corrected chi connectivity index (χ2v) is 8.94. The molecule has 0 fully saturated rings. The molecule has 42 heavy (non-hydrogen) atoms. The molecule has 0 saturated carbocycles. The number of imidazole rings is 1. The third kappa shape index (κ3) is 6.93. The van der Waals surface area contributed by atoms with Gasteiger partial charge in [-0.25, -0.2) is 14.8 Å². The third-order valence-corrected chi connectivity index (χ3v) is 5.98. The highest BCUT2D eigenvalue weighted by Crippen LogP contribution is 2.35. The molecule has 0 saturated heterocycles. The van der Waals surface area contributed by atoms with E-state index >= 15 is 0 Å². The van der Waals surface area contributed by atoms with Crippen LogP contribution < -0.4 is 20.1 Å². The Morgan fingerprint density at radius 1 is 0.976 bits per heavy atom. The van der Waals surface area contributed by atoms with Gasteiger partial charge in [0.05, 0.1) is 23.6 Å². The number of hydrogen-bond donors (Lipinski definition) is 2. The number of rotatable bonds is 10. The maximum Gasteiger partial charge on any atom is 0.416 e. The summed E-state index contributed by atoms with van der Waals surface area (Å²) < 4.78 is 58.1. The summed E-state index contributed by atoms with van der Waals surface area (Å²) in [7, 11) is 1.47.